The topological polar surface area (TPSA) is 100 Å². The lowest BCUT2D eigenvalue weighted by Gasteiger charge is -2.12. The number of pyridine rings is 1. The highest BCUT2D eigenvalue weighted by Crippen LogP contribution is 2.33. The van der Waals surface area contributed by atoms with E-state index in [-0.39, 0.29) is 42.1 Å². The molecule has 2 aromatic rings. The Morgan fingerprint density at radius 2 is 1.96 bits per heavy atom. The highest BCUT2D eigenvalue weighted by Gasteiger charge is 2.37. The first-order valence-electron chi connectivity index (χ1n) is 9.05. The van der Waals surface area contributed by atoms with E-state index in [9.17, 15) is 18.8 Å². The summed E-state index contributed by atoms with van der Waals surface area (Å²) in [7, 11) is 1.41. The van der Waals surface area contributed by atoms with Crippen molar-refractivity contribution in [2.75, 3.05) is 13.7 Å². The molecule has 1 fully saturated rings. The van der Waals surface area contributed by atoms with Gasteiger partial charge in [-0.3, -0.25) is 14.4 Å². The first kappa shape index (κ1) is 19.8. The number of rotatable bonds is 7. The van der Waals surface area contributed by atoms with Crippen molar-refractivity contribution in [3.05, 3.63) is 69.4 Å². The average Bonchev–Trinajstić information content (AvgIpc) is 3.42. The van der Waals surface area contributed by atoms with Gasteiger partial charge in [-0.15, -0.1) is 0 Å². The normalized spacial score (nSPS) is 17.8. The van der Waals surface area contributed by atoms with Crippen LogP contribution in [0.2, 0.25) is 0 Å². The molecule has 148 valence electrons. The summed E-state index contributed by atoms with van der Waals surface area (Å²) in [6, 6.07) is 6.91. The van der Waals surface area contributed by atoms with Crippen molar-refractivity contribution in [3.8, 4) is 0 Å². The summed E-state index contributed by atoms with van der Waals surface area (Å²) in [6.07, 6.45) is 2.82. The van der Waals surface area contributed by atoms with Crippen molar-refractivity contribution in [3.63, 3.8) is 0 Å². The Kier molecular flexibility index (Phi) is 5.89. The molecule has 0 radical (unpaired) electrons. The minimum atomic E-state index is -0.586. The Morgan fingerprint density at radius 1 is 1.25 bits per heavy atom. The minimum Gasteiger partial charge on any atom is -0.396 e. The lowest BCUT2D eigenvalue weighted by molar-refractivity contribution is 0.0947. The van der Waals surface area contributed by atoms with Crippen LogP contribution in [-0.2, 0) is 6.54 Å². The van der Waals surface area contributed by atoms with Crippen molar-refractivity contribution in [1.29, 1.82) is 0 Å². The van der Waals surface area contributed by atoms with Crippen molar-refractivity contribution in [2.24, 2.45) is 5.92 Å². The van der Waals surface area contributed by atoms with Crippen molar-refractivity contribution in [1.82, 2.24) is 15.2 Å². The molecule has 3 rings (SSSR count). The van der Waals surface area contributed by atoms with E-state index in [1.165, 1.54) is 48.1 Å². The molecule has 2 atom stereocenters. The SMILES string of the molecule is CNC(=O)c1cc(C(=O)N[C@@H]2C[C@H]2CCO)cn(Cc2ccc(F)cc2)c1=O. The van der Waals surface area contributed by atoms with Gasteiger partial charge in [0.15, 0.2) is 0 Å². The first-order valence-corrected chi connectivity index (χ1v) is 9.05. The monoisotopic (exact) mass is 387 g/mol. The van der Waals surface area contributed by atoms with Gasteiger partial charge in [0.2, 0.25) is 0 Å². The van der Waals surface area contributed by atoms with Crippen molar-refractivity contribution < 1.29 is 19.1 Å². The zero-order chi connectivity index (χ0) is 20.3. The number of halogens is 1. The summed E-state index contributed by atoms with van der Waals surface area (Å²) in [4.78, 5) is 37.4. The fraction of sp³-hybridized carbons (Fsp3) is 0.350. The molecular formula is C20H22FN3O4. The fourth-order valence-electron chi connectivity index (χ4n) is 3.12. The van der Waals surface area contributed by atoms with E-state index in [1.54, 1.807) is 0 Å². The fourth-order valence-corrected chi connectivity index (χ4v) is 3.12. The summed E-state index contributed by atoms with van der Waals surface area (Å²) in [5.41, 5.74) is 0.175. The Balaban J connectivity index is 1.89. The number of aromatic nitrogens is 1. The van der Waals surface area contributed by atoms with E-state index in [4.69, 9.17) is 5.11 Å². The molecule has 1 aliphatic carbocycles. The van der Waals surface area contributed by atoms with Crippen molar-refractivity contribution in [2.45, 2.75) is 25.4 Å². The van der Waals surface area contributed by atoms with Crippen molar-refractivity contribution >= 4 is 11.8 Å². The number of carbonyl (C=O) groups excluding carboxylic acids is 2. The molecule has 1 aromatic carbocycles. The van der Waals surface area contributed by atoms with Gasteiger partial charge < -0.3 is 20.3 Å². The van der Waals surface area contributed by atoms with E-state index >= 15 is 0 Å². The van der Waals surface area contributed by atoms with Crippen LogP contribution in [0.25, 0.3) is 0 Å². The molecule has 2 amide bonds. The summed E-state index contributed by atoms with van der Waals surface area (Å²) in [5, 5.41) is 14.2. The number of aliphatic hydroxyl groups excluding tert-OH is 1. The Bertz CT molecular complexity index is 939. The maximum Gasteiger partial charge on any atom is 0.263 e. The van der Waals surface area contributed by atoms with Gasteiger partial charge in [0, 0.05) is 25.9 Å². The summed E-state index contributed by atoms with van der Waals surface area (Å²) in [5.74, 6) is -1.12. The van der Waals surface area contributed by atoms with E-state index in [0.29, 0.717) is 12.0 Å². The molecule has 8 heteroatoms. The maximum absolute atomic E-state index is 13.1. The van der Waals surface area contributed by atoms with Gasteiger partial charge in [-0.05, 0) is 42.5 Å². The first-order chi connectivity index (χ1) is 13.4. The Hall–Kier alpha value is -3.00. The molecule has 28 heavy (non-hydrogen) atoms. The zero-order valence-electron chi connectivity index (χ0n) is 15.4. The van der Waals surface area contributed by atoms with E-state index < -0.39 is 17.3 Å². The number of aliphatic hydroxyl groups is 1. The molecule has 1 aliphatic rings. The van der Waals surface area contributed by atoms with Crippen LogP contribution in [0.5, 0.6) is 0 Å². The number of carbonyl (C=O) groups is 2. The van der Waals surface area contributed by atoms with Crippen LogP contribution >= 0.6 is 0 Å². The lowest BCUT2D eigenvalue weighted by atomic mass is 10.1. The van der Waals surface area contributed by atoms with Gasteiger partial charge in [0.1, 0.15) is 11.4 Å². The second-order valence-corrected chi connectivity index (χ2v) is 6.87. The summed E-state index contributed by atoms with van der Waals surface area (Å²) < 4.78 is 14.4. The van der Waals surface area contributed by atoms with Gasteiger partial charge in [0.25, 0.3) is 17.4 Å². The quantitative estimate of drug-likeness (QED) is 0.657. The molecule has 0 saturated heterocycles. The molecule has 3 N–H and O–H groups in total. The molecule has 0 unspecified atom stereocenters. The number of nitrogens with zero attached hydrogens (tertiary/aromatic N) is 1. The molecular weight excluding hydrogens is 365 g/mol. The number of amides is 2. The second-order valence-electron chi connectivity index (χ2n) is 6.87. The van der Waals surface area contributed by atoms with Crippen LogP contribution in [0.1, 0.15) is 39.1 Å². The van der Waals surface area contributed by atoms with Crippen LogP contribution in [0, 0.1) is 11.7 Å². The third-order valence-corrected chi connectivity index (χ3v) is 4.83. The molecule has 0 spiro atoms. The van der Waals surface area contributed by atoms with Gasteiger partial charge in [-0.25, -0.2) is 4.39 Å². The third-order valence-electron chi connectivity index (χ3n) is 4.83. The van der Waals surface area contributed by atoms with Crippen LogP contribution in [0.4, 0.5) is 4.39 Å². The highest BCUT2D eigenvalue weighted by molar-refractivity contribution is 5.99. The standard InChI is InChI=1S/C20H22FN3O4/c1-22-19(27)16-8-14(18(26)23-17-9-13(17)6-7-25)11-24(20(16)28)10-12-2-4-15(21)5-3-12/h2-5,8,11,13,17,25H,6-7,9-10H2,1H3,(H,22,27)(H,23,26)/t13-,17-/m1/s1. The van der Waals surface area contributed by atoms with E-state index in [2.05, 4.69) is 10.6 Å². The van der Waals surface area contributed by atoms with Gasteiger partial charge >= 0.3 is 0 Å². The minimum absolute atomic E-state index is 0.0134. The largest absolute Gasteiger partial charge is 0.396 e. The highest BCUT2D eigenvalue weighted by atomic mass is 19.1. The number of nitrogens with one attached hydrogen (secondary N) is 2. The number of benzene rings is 1. The predicted octanol–water partition coefficient (Wildman–Crippen LogP) is 0.896. The third kappa shape index (κ3) is 4.45. The molecule has 1 aromatic heterocycles. The smallest absolute Gasteiger partial charge is 0.263 e. The van der Waals surface area contributed by atoms with Crippen LogP contribution in [0.3, 0.4) is 0 Å². The molecule has 1 saturated carbocycles. The van der Waals surface area contributed by atoms with E-state index in [1.807, 2.05) is 0 Å². The molecule has 0 aliphatic heterocycles. The average molecular weight is 387 g/mol. The lowest BCUT2D eigenvalue weighted by Crippen LogP contribution is -2.34. The van der Waals surface area contributed by atoms with Gasteiger partial charge in [-0.1, -0.05) is 12.1 Å². The van der Waals surface area contributed by atoms with Gasteiger partial charge in [0.05, 0.1) is 12.1 Å². The van der Waals surface area contributed by atoms with Crippen LogP contribution in [-0.4, -0.2) is 41.2 Å². The van der Waals surface area contributed by atoms with E-state index in [0.717, 1.165) is 6.42 Å². The number of hydrogen-bond donors (Lipinski definition) is 3. The molecule has 0 bridgehead atoms. The number of hydrogen-bond acceptors (Lipinski definition) is 4. The summed E-state index contributed by atoms with van der Waals surface area (Å²) in [6.45, 7) is 0.168. The Morgan fingerprint density at radius 3 is 2.61 bits per heavy atom. The maximum atomic E-state index is 13.1. The zero-order valence-corrected chi connectivity index (χ0v) is 15.4. The van der Waals surface area contributed by atoms with Crippen LogP contribution in [0.15, 0.2) is 41.3 Å². The van der Waals surface area contributed by atoms with Crippen LogP contribution < -0.4 is 16.2 Å². The predicted molar refractivity (Wildman–Crippen MR) is 101 cm³/mol. The Labute approximate surface area is 161 Å². The van der Waals surface area contributed by atoms with Gasteiger partial charge in [-0.2, -0.15) is 0 Å². The molecule has 1 heterocycles. The second kappa shape index (κ2) is 8.35. The summed E-state index contributed by atoms with van der Waals surface area (Å²) >= 11 is 0. The molecule has 7 nitrogen and oxygen atoms in total.